The van der Waals surface area contributed by atoms with Crippen LogP contribution >= 0.6 is 0 Å². The first kappa shape index (κ1) is 18.8. The van der Waals surface area contributed by atoms with Crippen LogP contribution in [0, 0.1) is 0 Å². The van der Waals surface area contributed by atoms with Crippen molar-refractivity contribution < 1.29 is 4.79 Å². The van der Waals surface area contributed by atoms with Crippen LogP contribution < -0.4 is 0 Å². The number of hydrogen-bond donors (Lipinski definition) is 0. The first-order valence-corrected chi connectivity index (χ1v) is 9.86. The molecule has 1 aliphatic rings. The fraction of sp³-hybridized carbons (Fsp3) is 0.435. The van der Waals surface area contributed by atoms with Gasteiger partial charge < -0.3 is 0 Å². The molecule has 0 saturated heterocycles. The molecule has 0 spiro atoms. The monoisotopic (exact) mass is 350 g/mol. The zero-order chi connectivity index (χ0) is 18.7. The van der Waals surface area contributed by atoms with Crippen molar-refractivity contribution in [1.82, 2.24) is 9.80 Å². The van der Waals surface area contributed by atoms with Gasteiger partial charge in [0.15, 0.2) is 5.78 Å². The summed E-state index contributed by atoms with van der Waals surface area (Å²) in [5, 5.41) is 0. The van der Waals surface area contributed by atoms with Crippen molar-refractivity contribution in [2.45, 2.75) is 40.8 Å². The Bertz CT molecular complexity index is 723. The standard InChI is InChI=1S/C23H30N2O/c1-5-24(6-2)15-17-9-11-19-20-12-10-18(16-25(7-3)8-4)14-22(20)23(26)21(19)13-17/h9-14H,5-8,15-16H2,1-4H3. The van der Waals surface area contributed by atoms with E-state index in [1.54, 1.807) is 0 Å². The van der Waals surface area contributed by atoms with E-state index >= 15 is 0 Å². The van der Waals surface area contributed by atoms with Gasteiger partial charge in [-0.15, -0.1) is 0 Å². The molecular weight excluding hydrogens is 320 g/mol. The number of rotatable bonds is 8. The normalized spacial score (nSPS) is 12.8. The average molecular weight is 351 g/mol. The number of benzene rings is 2. The molecule has 3 rings (SSSR count). The maximum absolute atomic E-state index is 13.0. The molecule has 0 atom stereocenters. The molecule has 0 radical (unpaired) electrons. The molecule has 2 aromatic carbocycles. The minimum Gasteiger partial charge on any atom is -0.300 e. The number of carbonyl (C=O) groups excluding carboxylic acids is 1. The van der Waals surface area contributed by atoms with Gasteiger partial charge in [-0.2, -0.15) is 0 Å². The van der Waals surface area contributed by atoms with Crippen LogP contribution in [0.25, 0.3) is 11.1 Å². The third-order valence-electron chi connectivity index (χ3n) is 5.55. The zero-order valence-corrected chi connectivity index (χ0v) is 16.5. The Balaban J connectivity index is 1.88. The molecule has 138 valence electrons. The van der Waals surface area contributed by atoms with Crippen molar-refractivity contribution in [2.24, 2.45) is 0 Å². The second-order valence-corrected chi connectivity index (χ2v) is 7.01. The summed E-state index contributed by atoms with van der Waals surface area (Å²) >= 11 is 0. The lowest BCUT2D eigenvalue weighted by Gasteiger charge is -2.18. The summed E-state index contributed by atoms with van der Waals surface area (Å²) in [5.41, 5.74) is 6.34. The molecule has 0 N–H and O–H groups in total. The highest BCUT2D eigenvalue weighted by molar-refractivity contribution is 6.21. The predicted molar refractivity (Wildman–Crippen MR) is 109 cm³/mol. The second kappa shape index (κ2) is 8.15. The van der Waals surface area contributed by atoms with E-state index in [2.05, 4.69) is 73.9 Å². The van der Waals surface area contributed by atoms with Gasteiger partial charge in [-0.25, -0.2) is 0 Å². The highest BCUT2D eigenvalue weighted by Crippen LogP contribution is 2.37. The van der Waals surface area contributed by atoms with Crippen LogP contribution in [0.5, 0.6) is 0 Å². The summed E-state index contributed by atoms with van der Waals surface area (Å²) < 4.78 is 0. The summed E-state index contributed by atoms with van der Waals surface area (Å²) in [4.78, 5) is 17.8. The third-order valence-corrected chi connectivity index (χ3v) is 5.55. The number of fused-ring (bicyclic) bond motifs is 3. The Morgan fingerprint density at radius 3 is 1.35 bits per heavy atom. The molecular formula is C23H30N2O. The Kier molecular flexibility index (Phi) is 5.90. The van der Waals surface area contributed by atoms with Gasteiger partial charge in [-0.1, -0.05) is 52.0 Å². The molecule has 0 aliphatic heterocycles. The lowest BCUT2D eigenvalue weighted by Crippen LogP contribution is -2.22. The summed E-state index contributed by atoms with van der Waals surface area (Å²) in [6, 6.07) is 12.8. The number of carbonyl (C=O) groups is 1. The highest BCUT2D eigenvalue weighted by Gasteiger charge is 2.27. The third kappa shape index (κ3) is 3.60. The summed E-state index contributed by atoms with van der Waals surface area (Å²) in [7, 11) is 0. The van der Waals surface area contributed by atoms with Gasteiger partial charge in [0.2, 0.25) is 0 Å². The van der Waals surface area contributed by atoms with E-state index in [0.717, 1.165) is 61.5 Å². The Hall–Kier alpha value is -1.97. The van der Waals surface area contributed by atoms with Crippen LogP contribution in [-0.2, 0) is 13.1 Å². The molecule has 0 bridgehead atoms. The van der Waals surface area contributed by atoms with Gasteiger partial charge in [-0.05, 0) is 60.6 Å². The molecule has 26 heavy (non-hydrogen) atoms. The minimum absolute atomic E-state index is 0.179. The number of ketones is 1. The molecule has 0 heterocycles. The SMILES string of the molecule is CCN(CC)Cc1ccc2c(c1)C(=O)c1cc(CN(CC)CC)ccc1-2. The lowest BCUT2D eigenvalue weighted by atomic mass is 10.0. The molecule has 3 heteroatoms. The lowest BCUT2D eigenvalue weighted by molar-refractivity contribution is 0.104. The molecule has 0 unspecified atom stereocenters. The second-order valence-electron chi connectivity index (χ2n) is 7.01. The maximum atomic E-state index is 13.0. The first-order chi connectivity index (χ1) is 12.6. The fourth-order valence-corrected chi connectivity index (χ4v) is 3.78. The van der Waals surface area contributed by atoms with Gasteiger partial charge in [0.05, 0.1) is 0 Å². The van der Waals surface area contributed by atoms with Crippen molar-refractivity contribution in [3.63, 3.8) is 0 Å². The van der Waals surface area contributed by atoms with E-state index in [1.165, 1.54) is 11.1 Å². The summed E-state index contributed by atoms with van der Waals surface area (Å²) in [5.74, 6) is 0.179. The van der Waals surface area contributed by atoms with E-state index < -0.39 is 0 Å². The van der Waals surface area contributed by atoms with Crippen LogP contribution in [0.4, 0.5) is 0 Å². The van der Waals surface area contributed by atoms with Crippen LogP contribution in [-0.4, -0.2) is 41.8 Å². The topological polar surface area (TPSA) is 23.6 Å². The Morgan fingerprint density at radius 2 is 1.00 bits per heavy atom. The molecule has 3 nitrogen and oxygen atoms in total. The van der Waals surface area contributed by atoms with Crippen LogP contribution in [0.1, 0.15) is 54.7 Å². The van der Waals surface area contributed by atoms with Gasteiger partial charge in [0.25, 0.3) is 0 Å². The summed E-state index contributed by atoms with van der Waals surface area (Å²) in [6.07, 6.45) is 0. The van der Waals surface area contributed by atoms with E-state index in [4.69, 9.17) is 0 Å². The number of hydrogen-bond acceptors (Lipinski definition) is 3. The maximum Gasteiger partial charge on any atom is 0.194 e. The van der Waals surface area contributed by atoms with Crippen LogP contribution in [0.15, 0.2) is 36.4 Å². The predicted octanol–water partition coefficient (Wildman–Crippen LogP) is 4.58. The molecule has 0 amide bonds. The largest absolute Gasteiger partial charge is 0.300 e. The zero-order valence-electron chi connectivity index (χ0n) is 16.5. The van der Waals surface area contributed by atoms with Crippen molar-refractivity contribution >= 4 is 5.78 Å². The first-order valence-electron chi connectivity index (χ1n) is 9.86. The van der Waals surface area contributed by atoms with Gasteiger partial charge >= 0.3 is 0 Å². The van der Waals surface area contributed by atoms with Crippen molar-refractivity contribution in [1.29, 1.82) is 0 Å². The summed E-state index contributed by atoms with van der Waals surface area (Å²) in [6.45, 7) is 14.6. The van der Waals surface area contributed by atoms with Crippen molar-refractivity contribution in [3.8, 4) is 11.1 Å². The Labute approximate surface area is 157 Å². The van der Waals surface area contributed by atoms with Gasteiger partial charge in [0, 0.05) is 24.2 Å². The van der Waals surface area contributed by atoms with E-state index in [1.807, 2.05) is 0 Å². The van der Waals surface area contributed by atoms with Gasteiger partial charge in [-0.3, -0.25) is 14.6 Å². The Morgan fingerprint density at radius 1 is 0.615 bits per heavy atom. The van der Waals surface area contributed by atoms with Crippen LogP contribution in [0.3, 0.4) is 0 Å². The average Bonchev–Trinajstić information content (AvgIpc) is 2.95. The van der Waals surface area contributed by atoms with Crippen molar-refractivity contribution in [2.75, 3.05) is 26.2 Å². The fourth-order valence-electron chi connectivity index (χ4n) is 3.78. The minimum atomic E-state index is 0.179. The quantitative estimate of drug-likeness (QED) is 0.594. The van der Waals surface area contributed by atoms with Gasteiger partial charge in [0.1, 0.15) is 0 Å². The molecule has 2 aromatic rings. The van der Waals surface area contributed by atoms with E-state index in [0.29, 0.717) is 0 Å². The molecule has 0 aromatic heterocycles. The van der Waals surface area contributed by atoms with Crippen molar-refractivity contribution in [3.05, 3.63) is 58.7 Å². The smallest absolute Gasteiger partial charge is 0.194 e. The van der Waals surface area contributed by atoms with E-state index in [9.17, 15) is 4.79 Å². The molecule has 0 fully saturated rings. The molecule has 0 saturated carbocycles. The van der Waals surface area contributed by atoms with Crippen LogP contribution in [0.2, 0.25) is 0 Å². The molecule has 1 aliphatic carbocycles. The highest BCUT2D eigenvalue weighted by atomic mass is 16.1. The van der Waals surface area contributed by atoms with E-state index in [-0.39, 0.29) is 5.78 Å². The number of nitrogens with zero attached hydrogens (tertiary/aromatic N) is 2.